The minimum Gasteiger partial charge on any atom is -0.493 e. The molecule has 1 aromatic rings. The lowest BCUT2D eigenvalue weighted by atomic mass is 10.2. The summed E-state index contributed by atoms with van der Waals surface area (Å²) in [5, 5.41) is 0. The molecule has 0 aliphatic heterocycles. The second-order valence-corrected chi connectivity index (χ2v) is 2.88. The van der Waals surface area contributed by atoms with E-state index < -0.39 is 0 Å². The van der Waals surface area contributed by atoms with Gasteiger partial charge in [-0.3, -0.25) is 4.79 Å². The van der Waals surface area contributed by atoms with Crippen LogP contribution in [0.1, 0.15) is 23.7 Å². The van der Waals surface area contributed by atoms with E-state index in [0.717, 1.165) is 12.7 Å². The smallest absolute Gasteiger partial charge is 0.161 e. The van der Waals surface area contributed by atoms with Crippen molar-refractivity contribution in [3.05, 3.63) is 23.8 Å². The first-order chi connectivity index (χ1) is 6.81. The van der Waals surface area contributed by atoms with Crippen LogP contribution in [-0.2, 0) is 0 Å². The highest BCUT2D eigenvalue weighted by Crippen LogP contribution is 2.27. The Labute approximate surface area is 83.6 Å². The van der Waals surface area contributed by atoms with Crippen LogP contribution in [0.3, 0.4) is 0 Å². The molecule has 0 saturated carbocycles. The van der Waals surface area contributed by atoms with Gasteiger partial charge >= 0.3 is 0 Å². The van der Waals surface area contributed by atoms with Gasteiger partial charge in [-0.1, -0.05) is 6.92 Å². The molecule has 0 aliphatic carbocycles. The van der Waals surface area contributed by atoms with Crippen molar-refractivity contribution in [2.75, 3.05) is 13.7 Å². The average molecular weight is 194 g/mol. The van der Waals surface area contributed by atoms with Crippen LogP contribution in [0.4, 0.5) is 0 Å². The fourth-order valence-electron chi connectivity index (χ4n) is 1.09. The van der Waals surface area contributed by atoms with E-state index in [4.69, 9.17) is 9.47 Å². The summed E-state index contributed by atoms with van der Waals surface area (Å²) in [6.07, 6.45) is 1.73. The normalized spacial score (nSPS) is 9.57. The largest absolute Gasteiger partial charge is 0.493 e. The van der Waals surface area contributed by atoms with Crippen molar-refractivity contribution < 1.29 is 14.3 Å². The van der Waals surface area contributed by atoms with Crippen molar-refractivity contribution in [1.82, 2.24) is 0 Å². The van der Waals surface area contributed by atoms with E-state index in [0.29, 0.717) is 23.7 Å². The Morgan fingerprint density at radius 3 is 2.71 bits per heavy atom. The first kappa shape index (κ1) is 10.6. The highest BCUT2D eigenvalue weighted by molar-refractivity contribution is 5.76. The van der Waals surface area contributed by atoms with Crippen LogP contribution in [-0.4, -0.2) is 20.0 Å². The fraction of sp³-hybridized carbons (Fsp3) is 0.364. The van der Waals surface area contributed by atoms with Crippen LogP contribution in [0.2, 0.25) is 0 Å². The van der Waals surface area contributed by atoms with Gasteiger partial charge in [-0.25, -0.2) is 0 Å². The quantitative estimate of drug-likeness (QED) is 0.675. The number of aldehydes is 1. The third-order valence-electron chi connectivity index (χ3n) is 1.79. The maximum atomic E-state index is 10.5. The number of carbonyl (C=O) groups is 1. The molecule has 0 radical (unpaired) electrons. The Morgan fingerprint density at radius 2 is 2.14 bits per heavy atom. The molecular formula is C11H14O3. The molecule has 0 unspecified atom stereocenters. The molecule has 0 aromatic heterocycles. The zero-order chi connectivity index (χ0) is 10.4. The van der Waals surface area contributed by atoms with Crippen molar-refractivity contribution in [3.8, 4) is 11.5 Å². The van der Waals surface area contributed by atoms with Crippen LogP contribution in [0.5, 0.6) is 11.5 Å². The predicted molar refractivity (Wildman–Crippen MR) is 54.2 cm³/mol. The summed E-state index contributed by atoms with van der Waals surface area (Å²) >= 11 is 0. The minimum atomic E-state index is 0.589. The van der Waals surface area contributed by atoms with Crippen molar-refractivity contribution in [1.29, 1.82) is 0 Å². The first-order valence-electron chi connectivity index (χ1n) is 4.57. The van der Waals surface area contributed by atoms with Gasteiger partial charge in [0.15, 0.2) is 11.5 Å². The number of methoxy groups -OCH3 is 1. The molecule has 1 aromatic carbocycles. The van der Waals surface area contributed by atoms with E-state index in [1.54, 1.807) is 25.3 Å². The molecule has 0 fully saturated rings. The van der Waals surface area contributed by atoms with Crippen molar-refractivity contribution in [2.45, 2.75) is 13.3 Å². The Balaban J connectivity index is 2.87. The Bertz CT molecular complexity index is 307. The fourth-order valence-corrected chi connectivity index (χ4v) is 1.09. The molecule has 1 rings (SSSR count). The molecule has 0 amide bonds. The number of carbonyl (C=O) groups excluding carboxylic acids is 1. The third-order valence-corrected chi connectivity index (χ3v) is 1.79. The lowest BCUT2D eigenvalue weighted by Gasteiger charge is -2.09. The number of ether oxygens (including phenoxy) is 2. The van der Waals surface area contributed by atoms with Crippen LogP contribution in [0.15, 0.2) is 18.2 Å². The zero-order valence-electron chi connectivity index (χ0n) is 8.45. The van der Waals surface area contributed by atoms with Gasteiger partial charge in [-0.2, -0.15) is 0 Å². The summed E-state index contributed by atoms with van der Waals surface area (Å²) in [5.41, 5.74) is 0.589. The van der Waals surface area contributed by atoms with Gasteiger partial charge in [0.05, 0.1) is 13.7 Å². The molecule has 0 atom stereocenters. The van der Waals surface area contributed by atoms with E-state index in [-0.39, 0.29) is 0 Å². The van der Waals surface area contributed by atoms with Gasteiger partial charge < -0.3 is 9.47 Å². The summed E-state index contributed by atoms with van der Waals surface area (Å²) in [4.78, 5) is 10.5. The highest BCUT2D eigenvalue weighted by atomic mass is 16.5. The van der Waals surface area contributed by atoms with Gasteiger partial charge in [0.2, 0.25) is 0 Å². The maximum absolute atomic E-state index is 10.5. The molecule has 0 N–H and O–H groups in total. The molecule has 76 valence electrons. The van der Waals surface area contributed by atoms with Gasteiger partial charge in [0, 0.05) is 5.56 Å². The molecular weight excluding hydrogens is 180 g/mol. The average Bonchev–Trinajstić information content (AvgIpc) is 2.26. The third kappa shape index (κ3) is 2.49. The molecule has 0 spiro atoms. The zero-order valence-corrected chi connectivity index (χ0v) is 8.45. The van der Waals surface area contributed by atoms with E-state index >= 15 is 0 Å². The molecule has 0 heterocycles. The molecule has 0 bridgehead atoms. The molecule has 0 aliphatic rings. The van der Waals surface area contributed by atoms with E-state index in [9.17, 15) is 4.79 Å². The van der Waals surface area contributed by atoms with Crippen LogP contribution >= 0.6 is 0 Å². The summed E-state index contributed by atoms with van der Waals surface area (Å²) < 4.78 is 10.5. The minimum absolute atomic E-state index is 0.589. The van der Waals surface area contributed by atoms with Gasteiger partial charge in [-0.05, 0) is 24.6 Å². The Kier molecular flexibility index (Phi) is 3.98. The topological polar surface area (TPSA) is 35.5 Å². The second kappa shape index (κ2) is 5.27. The van der Waals surface area contributed by atoms with E-state index in [2.05, 4.69) is 0 Å². The Hall–Kier alpha value is -1.51. The van der Waals surface area contributed by atoms with E-state index in [1.807, 2.05) is 6.92 Å². The standard InChI is InChI=1S/C11H14O3/c1-3-6-14-10-5-4-9(8-12)7-11(10)13-2/h4-5,7-8H,3,6H2,1-2H3. The summed E-state index contributed by atoms with van der Waals surface area (Å²) in [6.45, 7) is 2.68. The lowest BCUT2D eigenvalue weighted by Crippen LogP contribution is -1.98. The first-order valence-corrected chi connectivity index (χ1v) is 4.57. The monoisotopic (exact) mass is 194 g/mol. The molecule has 0 saturated heterocycles. The van der Waals surface area contributed by atoms with Gasteiger partial charge in [0.25, 0.3) is 0 Å². The molecule has 3 heteroatoms. The molecule has 14 heavy (non-hydrogen) atoms. The van der Waals surface area contributed by atoms with Gasteiger partial charge in [-0.15, -0.1) is 0 Å². The molecule has 3 nitrogen and oxygen atoms in total. The maximum Gasteiger partial charge on any atom is 0.161 e. The number of rotatable bonds is 5. The Morgan fingerprint density at radius 1 is 1.36 bits per heavy atom. The number of hydrogen-bond acceptors (Lipinski definition) is 3. The SMILES string of the molecule is CCCOc1ccc(C=O)cc1OC. The summed E-state index contributed by atoms with van der Waals surface area (Å²) in [7, 11) is 1.56. The van der Waals surface area contributed by atoms with Crippen LogP contribution in [0.25, 0.3) is 0 Å². The van der Waals surface area contributed by atoms with Crippen molar-refractivity contribution in [3.63, 3.8) is 0 Å². The summed E-state index contributed by atoms with van der Waals surface area (Å²) in [5.74, 6) is 1.28. The van der Waals surface area contributed by atoms with Crippen molar-refractivity contribution >= 4 is 6.29 Å². The highest BCUT2D eigenvalue weighted by Gasteiger charge is 2.04. The van der Waals surface area contributed by atoms with Crippen LogP contribution < -0.4 is 9.47 Å². The van der Waals surface area contributed by atoms with Gasteiger partial charge in [0.1, 0.15) is 6.29 Å². The summed E-state index contributed by atoms with van der Waals surface area (Å²) in [6, 6.07) is 5.12. The van der Waals surface area contributed by atoms with E-state index in [1.165, 1.54) is 0 Å². The van der Waals surface area contributed by atoms with Crippen LogP contribution in [0, 0.1) is 0 Å². The van der Waals surface area contributed by atoms with Crippen molar-refractivity contribution in [2.24, 2.45) is 0 Å². The number of hydrogen-bond donors (Lipinski definition) is 0. The lowest BCUT2D eigenvalue weighted by molar-refractivity contribution is 0.112. The number of benzene rings is 1. The predicted octanol–water partition coefficient (Wildman–Crippen LogP) is 2.30. The second-order valence-electron chi connectivity index (χ2n) is 2.88.